The molecule has 2 unspecified atom stereocenters. The molecular weight excluding hydrogens is 241 g/mol. The highest BCUT2D eigenvalue weighted by Crippen LogP contribution is 2.43. The van der Waals surface area contributed by atoms with Crippen LogP contribution in [-0.2, 0) is 5.60 Å². The third-order valence-corrected chi connectivity index (χ3v) is 4.33. The van der Waals surface area contributed by atoms with Crippen LogP contribution >= 0.6 is 11.6 Å². The van der Waals surface area contributed by atoms with E-state index >= 15 is 0 Å². The summed E-state index contributed by atoms with van der Waals surface area (Å²) in [6.45, 7) is 1.87. The number of aliphatic hydroxyl groups is 1. The summed E-state index contributed by atoms with van der Waals surface area (Å²) in [6.07, 6.45) is 2.64. The van der Waals surface area contributed by atoms with Crippen LogP contribution < -0.4 is 0 Å². The summed E-state index contributed by atoms with van der Waals surface area (Å²) in [7, 11) is 0. The first-order chi connectivity index (χ1) is 8.11. The van der Waals surface area contributed by atoms with Crippen molar-refractivity contribution in [3.63, 3.8) is 0 Å². The molecule has 1 N–H and O–H groups in total. The van der Waals surface area contributed by atoms with Crippen molar-refractivity contribution in [1.29, 1.82) is 0 Å². The molecule has 0 aliphatic carbocycles. The van der Waals surface area contributed by atoms with E-state index in [9.17, 15) is 9.50 Å². The molecule has 92 valence electrons. The van der Waals surface area contributed by atoms with E-state index in [1.165, 1.54) is 6.07 Å². The lowest BCUT2D eigenvalue weighted by molar-refractivity contribution is 0.00623. The molecule has 1 aromatic rings. The van der Waals surface area contributed by atoms with Gasteiger partial charge in [0.25, 0.3) is 0 Å². The van der Waals surface area contributed by atoms with Gasteiger partial charge in [-0.3, -0.25) is 4.90 Å². The lowest BCUT2D eigenvalue weighted by Gasteiger charge is -2.30. The average molecular weight is 256 g/mol. The molecule has 3 rings (SSSR count). The van der Waals surface area contributed by atoms with Crippen molar-refractivity contribution < 1.29 is 9.50 Å². The smallest absolute Gasteiger partial charge is 0.130 e. The Hall–Kier alpha value is -0.640. The molecule has 0 aromatic heterocycles. The highest BCUT2D eigenvalue weighted by molar-refractivity contribution is 6.30. The Morgan fingerprint density at radius 2 is 2.24 bits per heavy atom. The van der Waals surface area contributed by atoms with Gasteiger partial charge in [0.1, 0.15) is 11.4 Å². The predicted octanol–water partition coefficient (Wildman–Crippen LogP) is 2.53. The molecule has 2 nitrogen and oxygen atoms in total. The van der Waals surface area contributed by atoms with Crippen LogP contribution in [0.1, 0.15) is 24.8 Å². The standard InChI is InChI=1S/C13H15ClFNO/c14-9-3-4-10(11(15)8-9)13(17)5-7-16-6-1-2-12(13)16/h3-4,8,12,17H,1-2,5-7H2. The lowest BCUT2D eigenvalue weighted by Crippen LogP contribution is -2.39. The monoisotopic (exact) mass is 255 g/mol. The van der Waals surface area contributed by atoms with Gasteiger partial charge in [-0.2, -0.15) is 0 Å². The first-order valence-electron chi connectivity index (χ1n) is 6.03. The molecule has 0 amide bonds. The van der Waals surface area contributed by atoms with Gasteiger partial charge in [-0.15, -0.1) is 0 Å². The van der Waals surface area contributed by atoms with E-state index in [-0.39, 0.29) is 6.04 Å². The third kappa shape index (κ3) is 1.68. The SMILES string of the molecule is OC1(c2ccc(Cl)cc2F)CCN2CCCC21. The van der Waals surface area contributed by atoms with Gasteiger partial charge in [0, 0.05) is 23.2 Å². The predicted molar refractivity (Wildman–Crippen MR) is 64.5 cm³/mol. The van der Waals surface area contributed by atoms with Crippen LogP contribution in [-0.4, -0.2) is 29.1 Å². The molecule has 0 radical (unpaired) electrons. The third-order valence-electron chi connectivity index (χ3n) is 4.09. The molecule has 2 aliphatic heterocycles. The van der Waals surface area contributed by atoms with Crippen molar-refractivity contribution >= 4 is 11.6 Å². The summed E-state index contributed by atoms with van der Waals surface area (Å²) >= 11 is 5.75. The summed E-state index contributed by atoms with van der Waals surface area (Å²) in [5, 5.41) is 11.2. The minimum atomic E-state index is -1.04. The van der Waals surface area contributed by atoms with Gasteiger partial charge in [-0.05, 0) is 37.9 Å². The van der Waals surface area contributed by atoms with Crippen LogP contribution in [0.5, 0.6) is 0 Å². The Kier molecular flexibility index (Phi) is 2.65. The topological polar surface area (TPSA) is 23.5 Å². The molecule has 17 heavy (non-hydrogen) atoms. The van der Waals surface area contributed by atoms with Crippen molar-refractivity contribution in [3.05, 3.63) is 34.6 Å². The van der Waals surface area contributed by atoms with E-state index in [1.807, 2.05) is 0 Å². The van der Waals surface area contributed by atoms with Gasteiger partial charge >= 0.3 is 0 Å². The molecule has 0 spiro atoms. The van der Waals surface area contributed by atoms with Crippen LogP contribution in [0.4, 0.5) is 4.39 Å². The van der Waals surface area contributed by atoms with Crippen molar-refractivity contribution in [2.45, 2.75) is 30.9 Å². The zero-order valence-electron chi connectivity index (χ0n) is 9.50. The quantitative estimate of drug-likeness (QED) is 0.834. The number of rotatable bonds is 1. The maximum absolute atomic E-state index is 13.9. The van der Waals surface area contributed by atoms with E-state index < -0.39 is 11.4 Å². The molecule has 0 saturated carbocycles. The second kappa shape index (κ2) is 3.94. The van der Waals surface area contributed by atoms with Crippen molar-refractivity contribution in [2.75, 3.05) is 13.1 Å². The molecule has 0 bridgehead atoms. The Morgan fingerprint density at radius 3 is 3.00 bits per heavy atom. The lowest BCUT2D eigenvalue weighted by atomic mass is 9.85. The van der Waals surface area contributed by atoms with E-state index in [1.54, 1.807) is 12.1 Å². The van der Waals surface area contributed by atoms with Gasteiger partial charge in [0.15, 0.2) is 0 Å². The maximum atomic E-state index is 13.9. The van der Waals surface area contributed by atoms with E-state index in [4.69, 9.17) is 11.6 Å². The number of hydrogen-bond donors (Lipinski definition) is 1. The zero-order valence-corrected chi connectivity index (χ0v) is 10.3. The molecular formula is C13H15ClFNO. The van der Waals surface area contributed by atoms with Crippen molar-refractivity contribution in [3.8, 4) is 0 Å². The molecule has 2 aliphatic rings. The van der Waals surface area contributed by atoms with E-state index in [0.29, 0.717) is 17.0 Å². The minimum Gasteiger partial charge on any atom is -0.383 e. The fraction of sp³-hybridized carbons (Fsp3) is 0.538. The fourth-order valence-electron chi connectivity index (χ4n) is 3.27. The van der Waals surface area contributed by atoms with Gasteiger partial charge in [-0.25, -0.2) is 4.39 Å². The van der Waals surface area contributed by atoms with Crippen LogP contribution in [0.2, 0.25) is 5.02 Å². The average Bonchev–Trinajstić information content (AvgIpc) is 2.83. The summed E-state index contributed by atoms with van der Waals surface area (Å²) in [6, 6.07) is 4.62. The summed E-state index contributed by atoms with van der Waals surface area (Å²) in [5.74, 6) is -0.395. The second-order valence-electron chi connectivity index (χ2n) is 4.99. The molecule has 2 fully saturated rings. The highest BCUT2D eigenvalue weighted by atomic mass is 35.5. The summed E-state index contributed by atoms with van der Waals surface area (Å²) in [5.41, 5.74) is -0.637. The normalized spacial score (nSPS) is 33.0. The summed E-state index contributed by atoms with van der Waals surface area (Å²) < 4.78 is 13.9. The number of halogens is 2. The van der Waals surface area contributed by atoms with Crippen LogP contribution in [0, 0.1) is 5.82 Å². The Labute approximate surface area is 105 Å². The highest BCUT2D eigenvalue weighted by Gasteiger charge is 2.50. The number of fused-ring (bicyclic) bond motifs is 1. The molecule has 4 heteroatoms. The fourth-order valence-corrected chi connectivity index (χ4v) is 3.43. The van der Waals surface area contributed by atoms with Crippen LogP contribution in [0.15, 0.2) is 18.2 Å². The number of nitrogens with zero attached hydrogens (tertiary/aromatic N) is 1. The Balaban J connectivity index is 2.02. The second-order valence-corrected chi connectivity index (χ2v) is 5.43. The maximum Gasteiger partial charge on any atom is 0.130 e. The molecule has 1 aromatic carbocycles. The van der Waals surface area contributed by atoms with Gasteiger partial charge in [-0.1, -0.05) is 17.7 Å². The Bertz CT molecular complexity index is 453. The van der Waals surface area contributed by atoms with Crippen LogP contribution in [0.25, 0.3) is 0 Å². The van der Waals surface area contributed by atoms with Crippen molar-refractivity contribution in [1.82, 2.24) is 4.90 Å². The first-order valence-corrected chi connectivity index (χ1v) is 6.41. The van der Waals surface area contributed by atoms with E-state index in [2.05, 4.69) is 4.90 Å². The van der Waals surface area contributed by atoms with Gasteiger partial charge in [0.2, 0.25) is 0 Å². The first kappa shape index (κ1) is 11.5. The summed E-state index contributed by atoms with van der Waals surface area (Å²) in [4.78, 5) is 2.26. The largest absolute Gasteiger partial charge is 0.383 e. The van der Waals surface area contributed by atoms with Gasteiger partial charge in [0.05, 0.1) is 0 Å². The van der Waals surface area contributed by atoms with Gasteiger partial charge < -0.3 is 5.11 Å². The number of hydrogen-bond acceptors (Lipinski definition) is 2. The molecule has 2 atom stereocenters. The van der Waals surface area contributed by atoms with Crippen LogP contribution in [0.3, 0.4) is 0 Å². The molecule has 2 heterocycles. The molecule has 2 saturated heterocycles. The number of benzene rings is 1. The van der Waals surface area contributed by atoms with Crippen molar-refractivity contribution in [2.24, 2.45) is 0 Å². The Morgan fingerprint density at radius 1 is 1.41 bits per heavy atom. The van der Waals surface area contributed by atoms with E-state index in [0.717, 1.165) is 25.9 Å². The zero-order chi connectivity index (χ0) is 12.0. The minimum absolute atomic E-state index is 0.0678.